The average molecular weight is 369 g/mol. The van der Waals surface area contributed by atoms with Gasteiger partial charge in [-0.05, 0) is 16.6 Å². The Morgan fingerprint density at radius 3 is 2.36 bits per heavy atom. The molecule has 0 radical (unpaired) electrons. The van der Waals surface area contributed by atoms with Gasteiger partial charge in [-0.2, -0.15) is 10.2 Å². The molecule has 25 heavy (non-hydrogen) atoms. The van der Waals surface area contributed by atoms with Crippen LogP contribution in [0.1, 0.15) is 47.1 Å². The lowest BCUT2D eigenvalue weighted by atomic mass is 10.0. The van der Waals surface area contributed by atoms with Gasteiger partial charge in [-0.3, -0.25) is 9.89 Å². The van der Waals surface area contributed by atoms with E-state index in [4.69, 9.17) is 9.63 Å². The lowest BCUT2D eigenvalue weighted by molar-refractivity contribution is -0.125. The van der Waals surface area contributed by atoms with Crippen molar-refractivity contribution < 1.29 is 19.2 Å². The van der Waals surface area contributed by atoms with Crippen molar-refractivity contribution in [1.82, 2.24) is 15.5 Å². The number of fused-ring (bicyclic) bond motifs is 1. The molecule has 0 bridgehead atoms. The first kappa shape index (κ1) is 19.5. The van der Waals surface area contributed by atoms with E-state index in [1.165, 1.54) is 5.06 Å². The first-order valence-corrected chi connectivity index (χ1v) is 10.8. The number of carbonyl (C=O) groups excluding carboxylic acids is 1. The Morgan fingerprint density at radius 2 is 1.88 bits per heavy atom. The third-order valence-corrected chi connectivity index (χ3v) is 11.0. The molecule has 1 aliphatic rings. The molecular weight excluding hydrogens is 340 g/mol. The molecule has 0 aromatic carbocycles. The van der Waals surface area contributed by atoms with Gasteiger partial charge in [-0.1, -0.05) is 41.5 Å². The number of hydrogen-bond donors (Lipinski definition) is 3. The maximum absolute atomic E-state index is 12.9. The highest BCUT2D eigenvalue weighted by Crippen LogP contribution is 2.44. The summed E-state index contributed by atoms with van der Waals surface area (Å²) in [6.07, 6.45) is 0.708. The third-order valence-electron chi connectivity index (χ3n) is 5.07. The van der Waals surface area contributed by atoms with Crippen molar-refractivity contribution in [3.8, 4) is 0 Å². The average Bonchev–Trinajstić information content (AvgIpc) is 2.93. The first-order valence-electron chi connectivity index (χ1n) is 8.66. The van der Waals surface area contributed by atoms with Gasteiger partial charge in [0, 0.05) is 18.2 Å². The second-order valence-electron chi connectivity index (χ2n) is 7.48. The molecule has 8 nitrogen and oxygen atoms in total. The maximum Gasteiger partial charge on any atom is 0.405 e. The molecule has 2 heterocycles. The summed E-state index contributed by atoms with van der Waals surface area (Å²) in [5.74, 6) is 0.0214. The lowest BCUT2D eigenvalue weighted by Gasteiger charge is -2.45. The van der Waals surface area contributed by atoms with Crippen molar-refractivity contribution in [3.05, 3.63) is 11.8 Å². The summed E-state index contributed by atoms with van der Waals surface area (Å²) in [7, 11) is -2.39. The molecule has 3 N–H and O–H groups in total. The number of aromatic amines is 1. The molecule has 2 amide bonds. The summed E-state index contributed by atoms with van der Waals surface area (Å²) < 4.78 is 6.48. The standard InChI is InChI=1S/C16H28N4O4Si/c1-9(2)25(10(3)4,11(5)6)24-20-14-12(8-17-19-14)7-13(15(20)21)18-16(22)23/h8-11,13,18H,7H2,1-6H3,(H,17,19)(H,22,23)/t13-/m0/s1. The van der Waals surface area contributed by atoms with Crippen LogP contribution in [0.15, 0.2) is 6.20 Å². The van der Waals surface area contributed by atoms with Gasteiger partial charge >= 0.3 is 6.09 Å². The smallest absolute Gasteiger partial charge is 0.405 e. The molecule has 0 unspecified atom stereocenters. The van der Waals surface area contributed by atoms with Crippen molar-refractivity contribution in [3.63, 3.8) is 0 Å². The number of hydrogen-bond acceptors (Lipinski definition) is 4. The number of anilines is 1. The van der Waals surface area contributed by atoms with E-state index < -0.39 is 26.4 Å². The Kier molecular flexibility index (Phi) is 5.57. The van der Waals surface area contributed by atoms with Crippen LogP contribution in [-0.4, -0.2) is 41.7 Å². The van der Waals surface area contributed by atoms with Crippen molar-refractivity contribution in [1.29, 1.82) is 0 Å². The van der Waals surface area contributed by atoms with E-state index in [-0.39, 0.29) is 23.0 Å². The zero-order valence-corrected chi connectivity index (χ0v) is 16.7. The summed E-state index contributed by atoms with van der Waals surface area (Å²) >= 11 is 0. The van der Waals surface area contributed by atoms with Crippen LogP contribution in [0.3, 0.4) is 0 Å². The molecule has 1 aromatic rings. The van der Waals surface area contributed by atoms with Crippen LogP contribution in [0, 0.1) is 0 Å². The van der Waals surface area contributed by atoms with Crippen LogP contribution in [0.2, 0.25) is 16.6 Å². The monoisotopic (exact) mass is 368 g/mol. The predicted octanol–water partition coefficient (Wildman–Crippen LogP) is 3.04. The van der Waals surface area contributed by atoms with E-state index in [2.05, 4.69) is 57.1 Å². The van der Waals surface area contributed by atoms with Crippen LogP contribution in [0.25, 0.3) is 0 Å². The van der Waals surface area contributed by atoms with Gasteiger partial charge in [-0.15, -0.1) is 0 Å². The molecule has 1 aliphatic heterocycles. The largest absolute Gasteiger partial charge is 0.465 e. The zero-order valence-electron chi connectivity index (χ0n) is 15.7. The zero-order chi connectivity index (χ0) is 18.9. The molecule has 9 heteroatoms. The van der Waals surface area contributed by atoms with Gasteiger partial charge in [0.25, 0.3) is 5.91 Å². The van der Waals surface area contributed by atoms with E-state index in [0.29, 0.717) is 5.82 Å². The quantitative estimate of drug-likeness (QED) is 0.669. The lowest BCUT2D eigenvalue weighted by Crippen LogP contribution is -2.59. The van der Waals surface area contributed by atoms with Gasteiger partial charge in [0.1, 0.15) is 6.04 Å². The number of hydroxylamine groups is 1. The molecular formula is C16H28N4O4Si. The number of nitrogens with one attached hydrogen (secondary N) is 2. The van der Waals surface area contributed by atoms with Crippen LogP contribution in [-0.2, 0) is 15.7 Å². The molecule has 1 aromatic heterocycles. The summed E-state index contributed by atoms with van der Waals surface area (Å²) in [6, 6.07) is -0.874. The fraction of sp³-hybridized carbons (Fsp3) is 0.688. The highest BCUT2D eigenvalue weighted by molar-refractivity contribution is 6.77. The third kappa shape index (κ3) is 3.43. The fourth-order valence-corrected chi connectivity index (χ4v) is 9.14. The SMILES string of the molecule is CC(C)[Si](ON1C(=O)[C@@H](NC(=O)O)Cc2c[nH]nc21)(C(C)C)C(C)C. The molecule has 2 rings (SSSR count). The second-order valence-corrected chi connectivity index (χ2v) is 12.8. The fourth-order valence-electron chi connectivity index (χ4n) is 4.01. The van der Waals surface area contributed by atoms with E-state index >= 15 is 0 Å². The van der Waals surface area contributed by atoms with Crippen molar-refractivity contribution in [2.75, 3.05) is 5.06 Å². The first-order chi connectivity index (χ1) is 11.6. The highest BCUT2D eigenvalue weighted by Gasteiger charge is 2.50. The number of carboxylic acid groups (broad SMARTS) is 1. The number of carbonyl (C=O) groups is 2. The van der Waals surface area contributed by atoms with Gasteiger partial charge < -0.3 is 15.0 Å². The molecule has 0 saturated heterocycles. The number of rotatable bonds is 6. The molecule has 0 saturated carbocycles. The second kappa shape index (κ2) is 7.16. The Balaban J connectivity index is 2.45. The summed E-state index contributed by atoms with van der Waals surface area (Å²) in [4.78, 5) is 24.0. The molecule has 0 fully saturated rings. The minimum absolute atomic E-state index is 0.260. The topological polar surface area (TPSA) is 108 Å². The van der Waals surface area contributed by atoms with Gasteiger partial charge in [0.15, 0.2) is 5.82 Å². The van der Waals surface area contributed by atoms with Crippen molar-refractivity contribution in [2.45, 2.75) is 70.6 Å². The van der Waals surface area contributed by atoms with E-state index in [9.17, 15) is 9.59 Å². The maximum atomic E-state index is 12.9. The minimum Gasteiger partial charge on any atom is -0.465 e. The normalized spacial score (nSPS) is 18.2. The Labute approximate surface area is 149 Å². The predicted molar refractivity (Wildman–Crippen MR) is 96.9 cm³/mol. The number of aromatic nitrogens is 2. The van der Waals surface area contributed by atoms with Gasteiger partial charge in [-0.25, -0.2) is 4.79 Å². The number of H-pyrrole nitrogens is 1. The Hall–Kier alpha value is -1.87. The molecule has 1 atom stereocenters. The van der Waals surface area contributed by atoms with Crippen molar-refractivity contribution in [2.24, 2.45) is 0 Å². The summed E-state index contributed by atoms with van der Waals surface area (Å²) in [5.41, 5.74) is 1.58. The van der Waals surface area contributed by atoms with Crippen LogP contribution in [0.4, 0.5) is 10.6 Å². The number of nitrogens with zero attached hydrogens (tertiary/aromatic N) is 2. The number of amides is 2. The minimum atomic E-state index is -2.39. The van der Waals surface area contributed by atoms with E-state index in [0.717, 1.165) is 5.56 Å². The van der Waals surface area contributed by atoms with Crippen molar-refractivity contribution >= 4 is 26.1 Å². The Morgan fingerprint density at radius 1 is 1.32 bits per heavy atom. The molecule has 0 spiro atoms. The molecule has 140 valence electrons. The highest BCUT2D eigenvalue weighted by atomic mass is 28.4. The van der Waals surface area contributed by atoms with Crippen LogP contribution in [0.5, 0.6) is 0 Å². The van der Waals surface area contributed by atoms with E-state index in [1.807, 2.05) is 0 Å². The van der Waals surface area contributed by atoms with Gasteiger partial charge in [0.2, 0.25) is 8.32 Å². The summed E-state index contributed by atoms with van der Waals surface area (Å²) in [5, 5.41) is 19.5. The molecule has 0 aliphatic carbocycles. The van der Waals surface area contributed by atoms with Crippen LogP contribution >= 0.6 is 0 Å². The van der Waals surface area contributed by atoms with E-state index in [1.54, 1.807) is 6.20 Å². The summed E-state index contributed by atoms with van der Waals surface area (Å²) in [6.45, 7) is 12.7. The Bertz CT molecular complexity index is 622. The van der Waals surface area contributed by atoms with Crippen LogP contribution < -0.4 is 10.4 Å². The van der Waals surface area contributed by atoms with Gasteiger partial charge in [0.05, 0.1) is 0 Å².